The van der Waals surface area contributed by atoms with Crippen LogP contribution in [0.1, 0.15) is 28.8 Å². The first-order valence-corrected chi connectivity index (χ1v) is 7.03. The topological polar surface area (TPSA) is 55.1 Å². The maximum Gasteiger partial charge on any atom is 0.249 e. The second-order valence-electron chi connectivity index (χ2n) is 4.51. The highest BCUT2D eigenvalue weighted by Crippen LogP contribution is 2.46. The van der Waals surface area contributed by atoms with Crippen molar-refractivity contribution >= 4 is 17.7 Å². The molecular weight excluding hydrogens is 232 g/mol. The van der Waals surface area contributed by atoms with Crippen molar-refractivity contribution in [2.24, 2.45) is 5.73 Å². The van der Waals surface area contributed by atoms with E-state index in [1.54, 1.807) is 6.07 Å². The van der Waals surface area contributed by atoms with Gasteiger partial charge in [0.1, 0.15) is 0 Å². The predicted molar refractivity (Wildman–Crippen MR) is 72.1 cm³/mol. The lowest BCUT2D eigenvalue weighted by Gasteiger charge is -2.14. The van der Waals surface area contributed by atoms with Crippen LogP contribution in [0.15, 0.2) is 24.3 Å². The molecule has 4 heteroatoms. The predicted octanol–water partition coefficient (Wildman–Crippen LogP) is 1.77. The molecule has 1 saturated carbocycles. The van der Waals surface area contributed by atoms with Gasteiger partial charge in [-0.2, -0.15) is 11.8 Å². The molecule has 1 aliphatic rings. The quantitative estimate of drug-likeness (QED) is 0.809. The van der Waals surface area contributed by atoms with Gasteiger partial charge in [-0.25, -0.2) is 0 Å². The summed E-state index contributed by atoms with van der Waals surface area (Å²) in [6, 6.07) is 7.51. The van der Waals surface area contributed by atoms with E-state index in [1.807, 2.05) is 30.0 Å². The summed E-state index contributed by atoms with van der Waals surface area (Å²) >= 11 is 1.93. The highest BCUT2D eigenvalue weighted by Gasteiger charge is 2.41. The molecule has 1 aromatic carbocycles. The molecule has 0 heterocycles. The molecule has 1 fully saturated rings. The summed E-state index contributed by atoms with van der Waals surface area (Å²) in [7, 11) is 0. The molecule has 0 bridgehead atoms. The molecule has 2 rings (SSSR count). The van der Waals surface area contributed by atoms with E-state index < -0.39 is 0 Å². The third kappa shape index (κ3) is 3.01. The Morgan fingerprint density at radius 2 is 2.18 bits per heavy atom. The fourth-order valence-corrected chi connectivity index (χ4v) is 2.69. The molecule has 1 amide bonds. The second-order valence-corrected chi connectivity index (χ2v) is 5.79. The van der Waals surface area contributed by atoms with Crippen LogP contribution < -0.4 is 11.1 Å². The van der Waals surface area contributed by atoms with Gasteiger partial charge in [-0.05, 0) is 30.7 Å². The Hall–Kier alpha value is -1.00. The minimum atomic E-state index is -0.353. The van der Waals surface area contributed by atoms with Crippen molar-refractivity contribution in [1.82, 2.24) is 5.32 Å². The number of primary amides is 1. The average molecular weight is 250 g/mol. The van der Waals surface area contributed by atoms with Gasteiger partial charge in [-0.3, -0.25) is 4.79 Å². The van der Waals surface area contributed by atoms with Crippen molar-refractivity contribution in [2.75, 3.05) is 12.8 Å². The van der Waals surface area contributed by atoms with E-state index in [0.717, 1.165) is 12.1 Å². The summed E-state index contributed by atoms with van der Waals surface area (Å²) < 4.78 is 0.446. The van der Waals surface area contributed by atoms with Crippen molar-refractivity contribution in [3.63, 3.8) is 0 Å². The first kappa shape index (κ1) is 12.5. The zero-order valence-electron chi connectivity index (χ0n) is 10.0. The Labute approximate surface area is 106 Å². The first-order valence-electron chi connectivity index (χ1n) is 5.80. The third-order valence-electron chi connectivity index (χ3n) is 3.29. The van der Waals surface area contributed by atoms with Crippen LogP contribution in [0.3, 0.4) is 0 Å². The van der Waals surface area contributed by atoms with Gasteiger partial charge in [0.2, 0.25) is 5.91 Å². The Bertz CT molecular complexity index is 416. The number of carbonyl (C=O) groups excluding carboxylic acids is 1. The van der Waals surface area contributed by atoms with E-state index in [1.165, 1.54) is 12.8 Å². The van der Waals surface area contributed by atoms with Crippen molar-refractivity contribution in [3.05, 3.63) is 35.4 Å². The smallest absolute Gasteiger partial charge is 0.249 e. The lowest BCUT2D eigenvalue weighted by atomic mass is 10.1. The summed E-state index contributed by atoms with van der Waals surface area (Å²) in [5, 5.41) is 3.42. The maximum atomic E-state index is 11.2. The highest BCUT2D eigenvalue weighted by molar-refractivity contribution is 8.00. The van der Waals surface area contributed by atoms with E-state index in [-0.39, 0.29) is 5.91 Å². The van der Waals surface area contributed by atoms with Gasteiger partial charge in [-0.15, -0.1) is 0 Å². The molecule has 17 heavy (non-hydrogen) atoms. The molecule has 92 valence electrons. The molecule has 0 saturated heterocycles. The number of hydrogen-bond acceptors (Lipinski definition) is 3. The molecule has 3 N–H and O–H groups in total. The van der Waals surface area contributed by atoms with E-state index in [0.29, 0.717) is 16.9 Å². The zero-order chi connectivity index (χ0) is 12.3. The number of carbonyl (C=O) groups is 1. The normalized spacial score (nSPS) is 16.8. The van der Waals surface area contributed by atoms with Crippen LogP contribution in [0.5, 0.6) is 0 Å². The zero-order valence-corrected chi connectivity index (χ0v) is 10.8. The Morgan fingerprint density at radius 3 is 2.76 bits per heavy atom. The second kappa shape index (κ2) is 5.10. The SMILES string of the molecule is CSC1(CNCc2ccccc2C(N)=O)CC1. The monoisotopic (exact) mass is 250 g/mol. The molecule has 0 radical (unpaired) electrons. The minimum Gasteiger partial charge on any atom is -0.366 e. The van der Waals surface area contributed by atoms with Crippen molar-refractivity contribution in [1.29, 1.82) is 0 Å². The molecule has 0 aromatic heterocycles. The van der Waals surface area contributed by atoms with E-state index in [2.05, 4.69) is 11.6 Å². The van der Waals surface area contributed by atoms with Gasteiger partial charge >= 0.3 is 0 Å². The van der Waals surface area contributed by atoms with Gasteiger partial charge < -0.3 is 11.1 Å². The molecule has 0 atom stereocenters. The van der Waals surface area contributed by atoms with Crippen LogP contribution in [-0.4, -0.2) is 23.5 Å². The number of amides is 1. The van der Waals surface area contributed by atoms with Gasteiger partial charge in [0.05, 0.1) is 0 Å². The van der Waals surface area contributed by atoms with Gasteiger partial charge in [-0.1, -0.05) is 18.2 Å². The lowest BCUT2D eigenvalue weighted by Crippen LogP contribution is -2.26. The number of nitrogens with one attached hydrogen (secondary N) is 1. The van der Waals surface area contributed by atoms with Crippen molar-refractivity contribution in [2.45, 2.75) is 24.1 Å². The number of benzene rings is 1. The summed E-state index contributed by atoms with van der Waals surface area (Å²) in [6.45, 7) is 1.71. The third-order valence-corrected chi connectivity index (χ3v) is 4.70. The Morgan fingerprint density at radius 1 is 1.47 bits per heavy atom. The maximum absolute atomic E-state index is 11.2. The van der Waals surface area contributed by atoms with Gasteiger partial charge in [0.25, 0.3) is 0 Å². The van der Waals surface area contributed by atoms with Crippen LogP contribution in [0.2, 0.25) is 0 Å². The minimum absolute atomic E-state index is 0.353. The molecule has 1 aromatic rings. The fraction of sp³-hybridized carbons (Fsp3) is 0.462. The summed E-state index contributed by atoms with van der Waals surface area (Å²) in [5.41, 5.74) is 6.94. The molecule has 3 nitrogen and oxygen atoms in total. The van der Waals surface area contributed by atoms with Crippen LogP contribution in [0.4, 0.5) is 0 Å². The van der Waals surface area contributed by atoms with E-state index in [9.17, 15) is 4.79 Å². The van der Waals surface area contributed by atoms with Gasteiger partial charge in [0, 0.05) is 23.4 Å². The van der Waals surface area contributed by atoms with E-state index in [4.69, 9.17) is 5.73 Å². The largest absolute Gasteiger partial charge is 0.366 e. The number of thioether (sulfide) groups is 1. The molecule has 1 aliphatic carbocycles. The fourth-order valence-electron chi connectivity index (χ4n) is 1.93. The molecular formula is C13H18N2OS. The average Bonchev–Trinajstić information content (AvgIpc) is 3.10. The lowest BCUT2D eigenvalue weighted by molar-refractivity contribution is 0.0999. The number of hydrogen-bond donors (Lipinski definition) is 2. The number of nitrogens with two attached hydrogens (primary N) is 1. The van der Waals surface area contributed by atoms with E-state index >= 15 is 0 Å². The van der Waals surface area contributed by atoms with Crippen LogP contribution in [0, 0.1) is 0 Å². The highest BCUT2D eigenvalue weighted by atomic mass is 32.2. The molecule has 0 unspecified atom stereocenters. The first-order chi connectivity index (χ1) is 8.17. The van der Waals surface area contributed by atoms with Crippen molar-refractivity contribution < 1.29 is 4.79 Å². The van der Waals surface area contributed by atoms with Crippen LogP contribution in [0.25, 0.3) is 0 Å². The molecule has 0 spiro atoms. The summed E-state index contributed by atoms with van der Waals surface area (Å²) in [6.07, 6.45) is 4.74. The Balaban J connectivity index is 1.92. The number of rotatable bonds is 6. The molecule has 0 aliphatic heterocycles. The van der Waals surface area contributed by atoms with Crippen LogP contribution in [-0.2, 0) is 6.54 Å². The van der Waals surface area contributed by atoms with Crippen LogP contribution >= 0.6 is 11.8 Å². The summed E-state index contributed by atoms with van der Waals surface area (Å²) in [5.74, 6) is -0.353. The van der Waals surface area contributed by atoms with Gasteiger partial charge in [0.15, 0.2) is 0 Å². The van der Waals surface area contributed by atoms with Crippen molar-refractivity contribution in [3.8, 4) is 0 Å². The summed E-state index contributed by atoms with van der Waals surface area (Å²) in [4.78, 5) is 11.2. The Kier molecular flexibility index (Phi) is 3.74. The standard InChI is InChI=1S/C13H18N2OS/c1-17-13(6-7-13)9-15-8-10-4-2-3-5-11(10)12(14)16/h2-5,15H,6-9H2,1H3,(H2,14,16).